The molecule has 1 unspecified atom stereocenters. The molecule has 0 aliphatic carbocycles. The van der Waals surface area contributed by atoms with Gasteiger partial charge < -0.3 is 15.4 Å². The fourth-order valence-electron chi connectivity index (χ4n) is 2.52. The van der Waals surface area contributed by atoms with Crippen molar-refractivity contribution in [3.63, 3.8) is 0 Å². The van der Waals surface area contributed by atoms with E-state index in [1.165, 1.54) is 24.0 Å². The lowest BCUT2D eigenvalue weighted by Crippen LogP contribution is -2.28. The summed E-state index contributed by atoms with van der Waals surface area (Å²) in [5.41, 5.74) is 2.73. The normalized spacial score (nSPS) is 23.4. The minimum absolute atomic E-state index is 0.546. The van der Waals surface area contributed by atoms with Gasteiger partial charge in [-0.2, -0.15) is 0 Å². The number of hydrogen-bond acceptors (Lipinski definition) is 3. The Bertz CT molecular complexity index is 372. The first kappa shape index (κ1) is 10.1. The van der Waals surface area contributed by atoms with E-state index in [0.29, 0.717) is 6.04 Å². The van der Waals surface area contributed by atoms with E-state index in [2.05, 4.69) is 28.8 Å². The summed E-state index contributed by atoms with van der Waals surface area (Å²) in [4.78, 5) is 0. The Morgan fingerprint density at radius 3 is 3.19 bits per heavy atom. The fraction of sp³-hybridized carbons (Fsp3) is 0.538. The first-order chi connectivity index (χ1) is 7.93. The average Bonchev–Trinajstić information content (AvgIpc) is 2.97. The molecule has 0 radical (unpaired) electrons. The quantitative estimate of drug-likeness (QED) is 0.805. The Labute approximate surface area is 96.2 Å². The second-order valence-corrected chi connectivity index (χ2v) is 4.60. The van der Waals surface area contributed by atoms with Crippen LogP contribution < -0.4 is 15.4 Å². The summed E-state index contributed by atoms with van der Waals surface area (Å²) in [6.07, 6.45) is 2.52. The molecule has 2 N–H and O–H groups in total. The van der Waals surface area contributed by atoms with Crippen molar-refractivity contribution in [1.82, 2.24) is 10.6 Å². The third-order valence-electron chi connectivity index (χ3n) is 3.45. The van der Waals surface area contributed by atoms with Crippen molar-refractivity contribution in [2.24, 2.45) is 0 Å². The lowest BCUT2D eigenvalue weighted by molar-refractivity contribution is 0.275. The lowest BCUT2D eigenvalue weighted by atomic mass is 10.1. The zero-order valence-electron chi connectivity index (χ0n) is 9.46. The lowest BCUT2D eigenvalue weighted by Gasteiger charge is -2.14. The summed E-state index contributed by atoms with van der Waals surface area (Å²) in [7, 11) is 0. The largest absolute Gasteiger partial charge is 0.492 e. The molecular weight excluding hydrogens is 200 g/mol. The molecule has 1 fully saturated rings. The Morgan fingerprint density at radius 2 is 2.31 bits per heavy atom. The highest BCUT2D eigenvalue weighted by atomic mass is 16.5. The first-order valence-corrected chi connectivity index (χ1v) is 6.11. The smallest absolute Gasteiger partial charge is 0.124 e. The van der Waals surface area contributed by atoms with Crippen molar-refractivity contribution in [1.29, 1.82) is 0 Å². The highest BCUT2D eigenvalue weighted by Crippen LogP contribution is 2.26. The maximum absolute atomic E-state index is 5.93. The van der Waals surface area contributed by atoms with Crippen molar-refractivity contribution in [3.05, 3.63) is 29.3 Å². The van der Waals surface area contributed by atoms with Crippen LogP contribution in [0.1, 0.15) is 24.0 Å². The molecule has 86 valence electrons. The highest BCUT2D eigenvalue weighted by Gasteiger charge is 2.18. The maximum Gasteiger partial charge on any atom is 0.124 e. The molecule has 0 aromatic heterocycles. The highest BCUT2D eigenvalue weighted by molar-refractivity contribution is 5.42. The van der Waals surface area contributed by atoms with Crippen LogP contribution in [0, 0.1) is 0 Å². The van der Waals surface area contributed by atoms with E-state index in [9.17, 15) is 0 Å². The van der Waals surface area contributed by atoms with Gasteiger partial charge in [0.15, 0.2) is 0 Å². The molecule has 1 aromatic rings. The zero-order chi connectivity index (χ0) is 10.8. The van der Waals surface area contributed by atoms with Crippen LogP contribution in [0.15, 0.2) is 18.2 Å². The fourth-order valence-corrected chi connectivity index (χ4v) is 2.52. The van der Waals surface area contributed by atoms with Crippen LogP contribution in [-0.2, 0) is 13.1 Å². The number of rotatable bonds is 3. The first-order valence-electron chi connectivity index (χ1n) is 6.11. The van der Waals surface area contributed by atoms with E-state index < -0.39 is 0 Å². The van der Waals surface area contributed by atoms with Crippen molar-refractivity contribution < 1.29 is 4.74 Å². The van der Waals surface area contributed by atoms with Gasteiger partial charge in [-0.15, -0.1) is 0 Å². The Balaban J connectivity index is 1.67. The topological polar surface area (TPSA) is 33.3 Å². The van der Waals surface area contributed by atoms with Gasteiger partial charge in [-0.05, 0) is 31.0 Å². The average molecular weight is 218 g/mol. The summed E-state index contributed by atoms with van der Waals surface area (Å²) in [6.45, 7) is 3.87. The molecular formula is C13H18N2O. The third kappa shape index (κ3) is 1.93. The molecule has 2 aliphatic heterocycles. The van der Waals surface area contributed by atoms with Crippen LogP contribution >= 0.6 is 0 Å². The Hall–Kier alpha value is -1.06. The van der Waals surface area contributed by atoms with Crippen molar-refractivity contribution in [2.45, 2.75) is 32.0 Å². The molecule has 0 saturated carbocycles. The molecule has 3 nitrogen and oxygen atoms in total. The molecule has 1 atom stereocenters. The second-order valence-electron chi connectivity index (χ2n) is 4.60. The van der Waals surface area contributed by atoms with Gasteiger partial charge >= 0.3 is 0 Å². The van der Waals surface area contributed by atoms with Gasteiger partial charge in [0.2, 0.25) is 0 Å². The van der Waals surface area contributed by atoms with Crippen molar-refractivity contribution in [2.75, 3.05) is 13.2 Å². The van der Waals surface area contributed by atoms with Gasteiger partial charge in [0.05, 0.1) is 0 Å². The molecule has 1 aromatic carbocycles. The van der Waals surface area contributed by atoms with E-state index in [1.54, 1.807) is 0 Å². The van der Waals surface area contributed by atoms with Crippen LogP contribution in [0.5, 0.6) is 5.75 Å². The van der Waals surface area contributed by atoms with Crippen LogP contribution in [0.25, 0.3) is 0 Å². The van der Waals surface area contributed by atoms with Crippen molar-refractivity contribution >= 4 is 0 Å². The molecule has 0 amide bonds. The van der Waals surface area contributed by atoms with Crippen LogP contribution in [-0.4, -0.2) is 19.2 Å². The summed E-state index contributed by atoms with van der Waals surface area (Å²) in [6, 6.07) is 6.89. The van der Waals surface area contributed by atoms with Crippen molar-refractivity contribution in [3.8, 4) is 5.75 Å². The summed E-state index contributed by atoms with van der Waals surface area (Å²) in [5, 5.41) is 6.81. The van der Waals surface area contributed by atoms with E-state index in [-0.39, 0.29) is 0 Å². The molecule has 3 heteroatoms. The SMILES string of the molecule is c1cc2c(c(OCC3CCCN3)c1)CNC2. The monoisotopic (exact) mass is 218 g/mol. The minimum atomic E-state index is 0.546. The van der Waals surface area contributed by atoms with E-state index in [0.717, 1.165) is 32.0 Å². The second kappa shape index (κ2) is 4.44. The van der Waals surface area contributed by atoms with Crippen LogP contribution in [0.2, 0.25) is 0 Å². The van der Waals surface area contributed by atoms with E-state index in [1.807, 2.05) is 0 Å². The molecule has 2 heterocycles. The Morgan fingerprint density at radius 1 is 1.31 bits per heavy atom. The van der Waals surface area contributed by atoms with Gasteiger partial charge in [-0.3, -0.25) is 0 Å². The standard InChI is InChI=1S/C13H18N2O/c1-3-10-7-14-8-12(10)13(5-1)16-9-11-4-2-6-15-11/h1,3,5,11,14-15H,2,4,6-9H2. The molecule has 2 aliphatic rings. The Kier molecular flexibility index (Phi) is 2.80. The molecule has 0 bridgehead atoms. The number of ether oxygens (including phenoxy) is 1. The van der Waals surface area contributed by atoms with Gasteiger partial charge in [0.1, 0.15) is 12.4 Å². The summed E-state index contributed by atoms with van der Waals surface area (Å²) < 4.78 is 5.93. The number of benzene rings is 1. The minimum Gasteiger partial charge on any atom is -0.492 e. The van der Waals surface area contributed by atoms with Crippen LogP contribution in [0.4, 0.5) is 0 Å². The summed E-state index contributed by atoms with van der Waals surface area (Å²) in [5.74, 6) is 1.07. The van der Waals surface area contributed by atoms with Gasteiger partial charge in [-0.25, -0.2) is 0 Å². The number of fused-ring (bicyclic) bond motifs is 1. The molecule has 3 rings (SSSR count). The van der Waals surface area contributed by atoms with Gasteiger partial charge in [0.25, 0.3) is 0 Å². The summed E-state index contributed by atoms with van der Waals surface area (Å²) >= 11 is 0. The maximum atomic E-state index is 5.93. The molecule has 1 saturated heterocycles. The number of nitrogens with one attached hydrogen (secondary N) is 2. The van der Waals surface area contributed by atoms with Crippen LogP contribution in [0.3, 0.4) is 0 Å². The number of hydrogen-bond donors (Lipinski definition) is 2. The predicted octanol–water partition coefficient (Wildman–Crippen LogP) is 1.42. The zero-order valence-corrected chi connectivity index (χ0v) is 9.46. The molecule has 0 spiro atoms. The van der Waals surface area contributed by atoms with Gasteiger partial charge in [-0.1, -0.05) is 12.1 Å². The van der Waals surface area contributed by atoms with Gasteiger partial charge in [0, 0.05) is 24.7 Å². The third-order valence-corrected chi connectivity index (χ3v) is 3.45. The predicted molar refractivity (Wildman–Crippen MR) is 63.5 cm³/mol. The van der Waals surface area contributed by atoms with E-state index >= 15 is 0 Å². The molecule has 16 heavy (non-hydrogen) atoms. The van der Waals surface area contributed by atoms with E-state index in [4.69, 9.17) is 4.74 Å².